The first-order chi connectivity index (χ1) is 21.9. The van der Waals surface area contributed by atoms with E-state index in [4.69, 9.17) is 9.47 Å². The maximum atomic E-state index is 14.4. The van der Waals surface area contributed by atoms with E-state index in [0.717, 1.165) is 38.0 Å². The summed E-state index contributed by atoms with van der Waals surface area (Å²) in [7, 11) is -3.81. The molecule has 0 saturated carbocycles. The predicted molar refractivity (Wildman–Crippen MR) is 159 cm³/mol. The van der Waals surface area contributed by atoms with Crippen LogP contribution in [-0.2, 0) is 25.5 Å². The highest BCUT2D eigenvalue weighted by Crippen LogP contribution is 2.39. The number of aromatic nitrogens is 4. The molecule has 2 atom stereocenters. The zero-order valence-electron chi connectivity index (χ0n) is 24.7. The average molecular weight is 667 g/mol. The van der Waals surface area contributed by atoms with Crippen molar-refractivity contribution in [3.05, 3.63) is 59.5 Å². The van der Waals surface area contributed by atoms with E-state index in [1.165, 1.54) is 28.8 Å². The molecule has 246 valence electrons. The third kappa shape index (κ3) is 6.78. The molecule has 6 rings (SSSR count). The molecular weight excluding hydrogens is 635 g/mol. The number of nitrogens with zero attached hydrogens (tertiary/aromatic N) is 4. The largest absolute Gasteiger partial charge is 0.433 e. The minimum Gasteiger partial charge on any atom is -0.374 e. The Kier molecular flexibility index (Phi) is 8.87. The van der Waals surface area contributed by atoms with Gasteiger partial charge in [-0.15, -0.1) is 0 Å². The van der Waals surface area contributed by atoms with Crippen molar-refractivity contribution in [1.29, 1.82) is 0 Å². The van der Waals surface area contributed by atoms with Crippen molar-refractivity contribution in [2.75, 3.05) is 30.1 Å². The number of imidazole rings is 1. The smallest absolute Gasteiger partial charge is 0.374 e. The van der Waals surface area contributed by atoms with E-state index in [2.05, 4.69) is 25.6 Å². The minimum atomic E-state index is -4.71. The summed E-state index contributed by atoms with van der Waals surface area (Å²) >= 11 is 0. The predicted octanol–water partition coefficient (Wildman–Crippen LogP) is 7.61. The van der Waals surface area contributed by atoms with Gasteiger partial charge in [0.05, 0.1) is 22.4 Å². The molecule has 0 aliphatic carbocycles. The number of hydrogen-bond donors (Lipinski definition) is 2. The van der Waals surface area contributed by atoms with Crippen LogP contribution in [0.25, 0.3) is 11.2 Å². The molecule has 2 unspecified atom stereocenters. The molecule has 3 aromatic heterocycles. The summed E-state index contributed by atoms with van der Waals surface area (Å²) < 4.78 is 108. The average Bonchev–Trinajstić information content (AvgIpc) is 3.42. The Labute approximate surface area is 261 Å². The van der Waals surface area contributed by atoms with Gasteiger partial charge in [-0.05, 0) is 68.4 Å². The number of sulfone groups is 1. The molecule has 0 radical (unpaired) electrons. The van der Waals surface area contributed by atoms with Crippen LogP contribution < -0.4 is 10.6 Å². The molecule has 2 fully saturated rings. The van der Waals surface area contributed by atoms with Crippen molar-refractivity contribution in [2.45, 2.75) is 68.4 Å². The number of nitrogens with one attached hydrogen (secondary N) is 2. The van der Waals surface area contributed by atoms with Gasteiger partial charge in [0.15, 0.2) is 21.3 Å². The van der Waals surface area contributed by atoms with E-state index in [9.17, 15) is 30.4 Å². The number of anilines is 4. The molecule has 2 aliphatic rings. The lowest BCUT2D eigenvalue weighted by Crippen LogP contribution is -2.20. The summed E-state index contributed by atoms with van der Waals surface area (Å²) in [5.74, 6) is -0.858. The Balaban J connectivity index is 1.49. The normalized spacial score (nSPS) is 19.5. The third-order valence-corrected chi connectivity index (χ3v) is 8.97. The lowest BCUT2D eigenvalue weighted by molar-refractivity contribution is -0.141. The number of rotatable bonds is 8. The van der Waals surface area contributed by atoms with Crippen molar-refractivity contribution < 1.29 is 39.8 Å². The summed E-state index contributed by atoms with van der Waals surface area (Å²) in [6.07, 6.45) is -3.31. The molecule has 0 bridgehead atoms. The topological polar surface area (TPSA) is 120 Å². The molecule has 0 spiro atoms. The Morgan fingerprint density at radius 2 is 1.65 bits per heavy atom. The fraction of sp³-hybridized carbons (Fsp3) is 0.433. The van der Waals surface area contributed by atoms with E-state index >= 15 is 0 Å². The zero-order valence-corrected chi connectivity index (χ0v) is 25.5. The van der Waals surface area contributed by atoms with Gasteiger partial charge in [-0.1, -0.05) is 12.1 Å². The fourth-order valence-corrected chi connectivity index (χ4v) is 6.56. The maximum Gasteiger partial charge on any atom is 0.433 e. The molecule has 2 aliphatic heterocycles. The number of benzene rings is 1. The van der Waals surface area contributed by atoms with Gasteiger partial charge in [-0.3, -0.25) is 4.57 Å². The minimum absolute atomic E-state index is 0.00818. The van der Waals surface area contributed by atoms with E-state index in [-0.39, 0.29) is 45.2 Å². The first kappa shape index (κ1) is 32.1. The quantitative estimate of drug-likeness (QED) is 0.183. The number of hydrogen-bond acceptors (Lipinski definition) is 9. The highest BCUT2D eigenvalue weighted by Gasteiger charge is 2.33. The zero-order chi connectivity index (χ0) is 32.6. The first-order valence-corrected chi connectivity index (χ1v) is 16.6. The molecule has 2 N–H and O–H groups in total. The second kappa shape index (κ2) is 12.7. The lowest BCUT2D eigenvalue weighted by atomic mass is 10.0. The standard InChI is InChI=1S/C30H31F5N6O4S/c1-46(42,43)21-15-17(20-7-2-4-13-44-20)11-12-18(21)36-19-16-24(38-23-9-6-8-22(37-23)30(33,34)35)39-28-26(19)40-29(27(31)32)41(28)25-10-3-5-14-45-25/h6,8-9,11-12,15-16,20,25,27H,2-5,7,10,13-14H2,1H3,(H2,36,37,38,39). The van der Waals surface area contributed by atoms with Crippen LogP contribution in [-0.4, -0.2) is 47.4 Å². The van der Waals surface area contributed by atoms with Crippen molar-refractivity contribution in [3.8, 4) is 0 Å². The molecule has 16 heteroatoms. The van der Waals surface area contributed by atoms with Gasteiger partial charge >= 0.3 is 6.18 Å². The first-order valence-electron chi connectivity index (χ1n) is 14.7. The number of halogens is 5. The van der Waals surface area contributed by atoms with E-state index < -0.39 is 40.2 Å². The van der Waals surface area contributed by atoms with E-state index in [0.29, 0.717) is 31.6 Å². The van der Waals surface area contributed by atoms with Crippen molar-refractivity contribution in [2.24, 2.45) is 0 Å². The Morgan fingerprint density at radius 3 is 2.30 bits per heavy atom. The van der Waals surface area contributed by atoms with Crippen LogP contribution in [0.1, 0.15) is 74.4 Å². The highest BCUT2D eigenvalue weighted by molar-refractivity contribution is 7.90. The lowest BCUT2D eigenvalue weighted by Gasteiger charge is -2.25. The molecule has 0 amide bonds. The van der Waals surface area contributed by atoms with Crippen LogP contribution in [0.4, 0.5) is 45.0 Å². The second-order valence-corrected chi connectivity index (χ2v) is 13.2. The number of pyridine rings is 2. The van der Waals surface area contributed by atoms with Crippen molar-refractivity contribution >= 4 is 44.0 Å². The summed E-state index contributed by atoms with van der Waals surface area (Å²) in [6.45, 7) is 0.892. The number of ether oxygens (including phenoxy) is 2. The number of alkyl halides is 5. The van der Waals surface area contributed by atoms with Crippen molar-refractivity contribution in [1.82, 2.24) is 19.5 Å². The van der Waals surface area contributed by atoms with Gasteiger partial charge in [0, 0.05) is 25.5 Å². The summed E-state index contributed by atoms with van der Waals surface area (Å²) in [6, 6.07) is 9.45. The van der Waals surface area contributed by atoms with Gasteiger partial charge in [0.1, 0.15) is 29.1 Å². The van der Waals surface area contributed by atoms with Crippen molar-refractivity contribution in [3.63, 3.8) is 0 Å². The SMILES string of the molecule is CS(=O)(=O)c1cc(C2CCCCO2)ccc1Nc1cc(Nc2cccc(C(F)(F)F)n2)nc2c1nc(C(F)F)n2C1CCCCO1. The Morgan fingerprint density at radius 1 is 0.891 bits per heavy atom. The van der Waals surface area contributed by atoms with Crippen LogP contribution in [0.2, 0.25) is 0 Å². The van der Waals surface area contributed by atoms with Gasteiger partial charge in [0.25, 0.3) is 6.43 Å². The third-order valence-electron chi connectivity index (χ3n) is 7.84. The van der Waals surface area contributed by atoms with Crippen LogP contribution in [0, 0.1) is 0 Å². The van der Waals surface area contributed by atoms with Crippen LogP contribution in [0.3, 0.4) is 0 Å². The molecule has 46 heavy (non-hydrogen) atoms. The van der Waals surface area contributed by atoms with Gasteiger partial charge < -0.3 is 20.1 Å². The molecular formula is C30H31F5N6O4S. The second-order valence-electron chi connectivity index (χ2n) is 11.2. The summed E-state index contributed by atoms with van der Waals surface area (Å²) in [5.41, 5.74) is -0.275. The molecule has 10 nitrogen and oxygen atoms in total. The van der Waals surface area contributed by atoms with Crippen LogP contribution in [0.5, 0.6) is 0 Å². The van der Waals surface area contributed by atoms with E-state index in [1.807, 2.05) is 0 Å². The fourth-order valence-electron chi connectivity index (χ4n) is 5.70. The van der Waals surface area contributed by atoms with Gasteiger partial charge in [-0.25, -0.2) is 32.2 Å². The molecule has 2 saturated heterocycles. The summed E-state index contributed by atoms with van der Waals surface area (Å²) in [4.78, 5) is 12.2. The van der Waals surface area contributed by atoms with Gasteiger partial charge in [-0.2, -0.15) is 13.2 Å². The molecule has 1 aromatic carbocycles. The summed E-state index contributed by atoms with van der Waals surface area (Å²) in [5, 5.41) is 5.77. The van der Waals surface area contributed by atoms with E-state index in [1.54, 1.807) is 12.1 Å². The van der Waals surface area contributed by atoms with Crippen LogP contribution >= 0.6 is 0 Å². The van der Waals surface area contributed by atoms with Gasteiger partial charge in [0.2, 0.25) is 0 Å². The Hall–Kier alpha value is -3.89. The maximum absolute atomic E-state index is 14.4. The molecule has 5 heterocycles. The van der Waals surface area contributed by atoms with Crippen LogP contribution in [0.15, 0.2) is 47.4 Å². The monoisotopic (exact) mass is 666 g/mol. The number of fused-ring (bicyclic) bond motifs is 1. The highest BCUT2D eigenvalue weighted by atomic mass is 32.2. The molecule has 4 aromatic rings. The Bertz CT molecular complexity index is 1840.